The van der Waals surface area contributed by atoms with Crippen molar-refractivity contribution in [1.29, 1.82) is 0 Å². The van der Waals surface area contributed by atoms with E-state index in [4.69, 9.17) is 25.9 Å². The first kappa shape index (κ1) is 17.9. The Kier molecular flexibility index (Phi) is 4.56. The molecule has 2 bridgehead atoms. The van der Waals surface area contributed by atoms with Crippen molar-refractivity contribution in [3.63, 3.8) is 0 Å². The predicted octanol–water partition coefficient (Wildman–Crippen LogP) is 2.71. The van der Waals surface area contributed by atoms with Gasteiger partial charge < -0.3 is 19.6 Å². The molecule has 2 saturated heterocycles. The van der Waals surface area contributed by atoms with Gasteiger partial charge in [-0.3, -0.25) is 5.32 Å². The van der Waals surface area contributed by atoms with E-state index in [-0.39, 0.29) is 22.6 Å². The molecule has 2 unspecified atom stereocenters. The lowest BCUT2D eigenvalue weighted by molar-refractivity contribution is 0.209. The fourth-order valence-corrected chi connectivity index (χ4v) is 4.17. The molecule has 0 spiro atoms. The third-order valence-corrected chi connectivity index (χ3v) is 5.44. The number of piperidine rings is 1. The third-order valence-electron chi connectivity index (χ3n) is 5.12. The average molecular weight is 395 g/mol. The first-order valence-corrected chi connectivity index (χ1v) is 9.06. The molecule has 2 aromatic rings. The number of carboxylic acid groups (broad SMARTS) is 1. The Morgan fingerprint density at radius 1 is 1.41 bits per heavy atom. The summed E-state index contributed by atoms with van der Waals surface area (Å²) in [4.78, 5) is 23.3. The molecule has 4 rings (SSSR count). The molecule has 1 amide bonds. The van der Waals surface area contributed by atoms with E-state index in [1.54, 1.807) is 0 Å². The normalized spacial score (nSPS) is 24.0. The second kappa shape index (κ2) is 6.90. The van der Waals surface area contributed by atoms with E-state index in [9.17, 15) is 9.59 Å². The highest BCUT2D eigenvalue weighted by atomic mass is 35.5. The first-order valence-electron chi connectivity index (χ1n) is 8.68. The summed E-state index contributed by atoms with van der Waals surface area (Å²) in [5.41, 5.74) is 0.549. The molecule has 0 aliphatic carbocycles. The number of nitrogens with one attached hydrogen (secondary N) is 2. The van der Waals surface area contributed by atoms with Crippen LogP contribution < -0.4 is 21.1 Å². The van der Waals surface area contributed by atoms with Crippen LogP contribution >= 0.6 is 11.6 Å². The lowest BCUT2D eigenvalue weighted by Crippen LogP contribution is -2.41. The number of fused-ring (bicyclic) bond motifs is 2. The summed E-state index contributed by atoms with van der Waals surface area (Å²) in [7, 11) is 1.43. The lowest BCUT2D eigenvalue weighted by atomic mass is 10.0. The van der Waals surface area contributed by atoms with Gasteiger partial charge in [0.2, 0.25) is 0 Å². The molecular formula is C17H19ClN4O5. The van der Waals surface area contributed by atoms with Crippen LogP contribution in [0.4, 0.5) is 10.5 Å². The number of carbonyl (C=O) groups is 1. The van der Waals surface area contributed by atoms with Crippen LogP contribution in [0.3, 0.4) is 0 Å². The van der Waals surface area contributed by atoms with Crippen molar-refractivity contribution in [2.75, 3.05) is 12.4 Å². The minimum atomic E-state index is -1.25. The third kappa shape index (κ3) is 3.40. The van der Waals surface area contributed by atoms with Gasteiger partial charge in [-0.25, -0.2) is 9.59 Å². The molecule has 1 aromatic carbocycles. The number of ether oxygens (including phenoxy) is 1. The highest BCUT2D eigenvalue weighted by Crippen LogP contribution is 2.37. The van der Waals surface area contributed by atoms with E-state index in [1.165, 1.54) is 23.9 Å². The molecule has 144 valence electrons. The second-order valence-electron chi connectivity index (χ2n) is 6.84. The highest BCUT2D eigenvalue weighted by molar-refractivity contribution is 6.34. The molecule has 0 radical (unpaired) electrons. The highest BCUT2D eigenvalue weighted by Gasteiger charge is 2.36. The number of benzene rings is 1. The molecule has 27 heavy (non-hydrogen) atoms. The molecular weight excluding hydrogens is 376 g/mol. The van der Waals surface area contributed by atoms with Gasteiger partial charge in [-0.2, -0.15) is 4.68 Å². The van der Waals surface area contributed by atoms with Gasteiger partial charge in [-0.1, -0.05) is 11.6 Å². The number of methoxy groups -OCH3 is 1. The van der Waals surface area contributed by atoms with E-state index in [1.807, 2.05) is 0 Å². The summed E-state index contributed by atoms with van der Waals surface area (Å²) < 4.78 is 12.1. The Morgan fingerprint density at radius 2 is 2.11 bits per heavy atom. The molecule has 2 aliphatic rings. The van der Waals surface area contributed by atoms with E-state index in [2.05, 4.69) is 15.7 Å². The Morgan fingerprint density at radius 3 is 2.74 bits per heavy atom. The zero-order valence-electron chi connectivity index (χ0n) is 14.6. The molecule has 2 atom stereocenters. The number of hydrogen-bond donors (Lipinski definition) is 3. The maximum Gasteiger partial charge on any atom is 0.437 e. The number of amides is 1. The Bertz CT molecular complexity index is 928. The first-order chi connectivity index (χ1) is 12.9. The van der Waals surface area contributed by atoms with E-state index < -0.39 is 11.8 Å². The van der Waals surface area contributed by atoms with Crippen LogP contribution in [-0.4, -0.2) is 40.2 Å². The number of anilines is 1. The Hall–Kier alpha value is -2.52. The predicted molar refractivity (Wildman–Crippen MR) is 97.6 cm³/mol. The van der Waals surface area contributed by atoms with Gasteiger partial charge in [0.1, 0.15) is 5.75 Å². The van der Waals surface area contributed by atoms with E-state index >= 15 is 0 Å². The van der Waals surface area contributed by atoms with E-state index in [0.29, 0.717) is 23.4 Å². The topological polar surface area (TPSA) is 119 Å². The molecule has 10 heteroatoms. The molecule has 2 aliphatic heterocycles. The van der Waals surface area contributed by atoms with Crippen molar-refractivity contribution in [3.8, 4) is 17.2 Å². The zero-order valence-corrected chi connectivity index (χ0v) is 15.3. The molecule has 2 fully saturated rings. The number of nitrogens with zero attached hydrogens (tertiary/aromatic N) is 2. The average Bonchev–Trinajstić information content (AvgIpc) is 3.17. The fraction of sp³-hybridized carbons (Fsp3) is 0.471. The summed E-state index contributed by atoms with van der Waals surface area (Å²) >= 11 is 6.15. The van der Waals surface area contributed by atoms with Crippen molar-refractivity contribution in [3.05, 3.63) is 27.7 Å². The summed E-state index contributed by atoms with van der Waals surface area (Å²) in [6.07, 6.45) is 2.65. The summed E-state index contributed by atoms with van der Waals surface area (Å²) in [6, 6.07) is 3.70. The largest absolute Gasteiger partial charge is 0.496 e. The number of aromatic nitrogens is 2. The lowest BCUT2D eigenvalue weighted by Gasteiger charge is -2.28. The van der Waals surface area contributed by atoms with Gasteiger partial charge in [-0.05, 0) is 31.7 Å². The molecule has 3 heterocycles. The van der Waals surface area contributed by atoms with Crippen LogP contribution in [0.5, 0.6) is 5.75 Å². The van der Waals surface area contributed by atoms with Gasteiger partial charge >= 0.3 is 11.8 Å². The number of hydrogen-bond acceptors (Lipinski definition) is 6. The summed E-state index contributed by atoms with van der Waals surface area (Å²) in [6.45, 7) is 0. The van der Waals surface area contributed by atoms with E-state index in [0.717, 1.165) is 25.7 Å². The Labute approximate surface area is 159 Å². The minimum absolute atomic E-state index is 0.0110. The smallest absolute Gasteiger partial charge is 0.437 e. The maximum atomic E-state index is 12.4. The summed E-state index contributed by atoms with van der Waals surface area (Å²) in [5.74, 6) is -0.143. The standard InChI is InChI=1S/C17H19ClN4O5/c1-26-14-7-13(20-16(23)24)12(18)6-11(14)15-21-22(17(25)27-15)10-4-8-2-3-9(5-10)19-8/h6-10,19-20H,2-5H2,1H3,(H,23,24). The van der Waals surface area contributed by atoms with Gasteiger partial charge in [0, 0.05) is 18.2 Å². The Balaban J connectivity index is 1.69. The van der Waals surface area contributed by atoms with Crippen LogP contribution in [0.2, 0.25) is 5.02 Å². The van der Waals surface area contributed by atoms with Crippen LogP contribution in [0.15, 0.2) is 21.3 Å². The van der Waals surface area contributed by atoms with Gasteiger partial charge in [0.05, 0.1) is 29.4 Å². The summed E-state index contributed by atoms with van der Waals surface area (Å²) in [5, 5.41) is 19.1. The van der Waals surface area contributed by atoms with Crippen molar-refractivity contribution in [2.24, 2.45) is 0 Å². The monoisotopic (exact) mass is 394 g/mol. The minimum Gasteiger partial charge on any atom is -0.496 e. The number of halogens is 1. The second-order valence-corrected chi connectivity index (χ2v) is 7.25. The SMILES string of the molecule is COc1cc(NC(=O)O)c(Cl)cc1-c1nn(C2CC3CCC(C2)N3)c(=O)o1. The quantitative estimate of drug-likeness (QED) is 0.729. The van der Waals surface area contributed by atoms with Crippen LogP contribution in [0.1, 0.15) is 31.7 Å². The fourth-order valence-electron chi connectivity index (χ4n) is 3.96. The van der Waals surface area contributed by atoms with Crippen molar-refractivity contribution in [1.82, 2.24) is 15.1 Å². The molecule has 1 aromatic heterocycles. The van der Waals surface area contributed by atoms with Gasteiger partial charge in [-0.15, -0.1) is 5.10 Å². The van der Waals surface area contributed by atoms with Crippen molar-refractivity contribution < 1.29 is 19.1 Å². The van der Waals surface area contributed by atoms with Crippen molar-refractivity contribution >= 4 is 23.4 Å². The van der Waals surface area contributed by atoms with Crippen LogP contribution in [0, 0.1) is 0 Å². The number of rotatable bonds is 4. The van der Waals surface area contributed by atoms with Crippen LogP contribution in [0.25, 0.3) is 11.5 Å². The van der Waals surface area contributed by atoms with Gasteiger partial charge in [0.25, 0.3) is 5.89 Å². The molecule has 3 N–H and O–H groups in total. The molecule has 9 nitrogen and oxygen atoms in total. The van der Waals surface area contributed by atoms with Crippen LogP contribution in [-0.2, 0) is 0 Å². The molecule has 0 saturated carbocycles. The zero-order chi connectivity index (χ0) is 19.1. The van der Waals surface area contributed by atoms with Crippen molar-refractivity contribution in [2.45, 2.75) is 43.8 Å². The maximum absolute atomic E-state index is 12.4. The van der Waals surface area contributed by atoms with Gasteiger partial charge in [0.15, 0.2) is 0 Å².